The fourth-order valence-electron chi connectivity index (χ4n) is 2.10. The molecule has 0 spiro atoms. The molecule has 0 saturated carbocycles. The van der Waals surface area contributed by atoms with Crippen LogP contribution in [0, 0.1) is 0 Å². The maximum atomic E-state index is 12.3. The van der Waals surface area contributed by atoms with Gasteiger partial charge in [-0.1, -0.05) is 0 Å². The van der Waals surface area contributed by atoms with E-state index >= 15 is 0 Å². The van der Waals surface area contributed by atoms with E-state index in [1.54, 1.807) is 0 Å². The van der Waals surface area contributed by atoms with Gasteiger partial charge in [-0.05, 0) is 0 Å². The number of rotatable bonds is 7. The first kappa shape index (κ1) is 13.6. The Bertz CT molecular complexity index is 592. The number of aromatic nitrogens is 3. The van der Waals surface area contributed by atoms with Crippen molar-refractivity contribution in [2.24, 2.45) is 0 Å². The Labute approximate surface area is 113 Å². The Morgan fingerprint density at radius 3 is 2.15 bits per heavy atom. The summed E-state index contributed by atoms with van der Waals surface area (Å²) in [6, 6.07) is 0. The van der Waals surface area contributed by atoms with Crippen molar-refractivity contribution < 1.29 is 19.7 Å². The summed E-state index contributed by atoms with van der Waals surface area (Å²) in [7, 11) is 0. The first-order valence-electron chi connectivity index (χ1n) is 6.56. The van der Waals surface area contributed by atoms with Crippen molar-refractivity contribution in [1.82, 2.24) is 13.9 Å². The van der Waals surface area contributed by atoms with Crippen LogP contribution in [0.5, 0.6) is 0 Å². The number of aliphatic hydroxyl groups is 2. The lowest BCUT2D eigenvalue weighted by molar-refractivity contribution is -0.0490. The summed E-state index contributed by atoms with van der Waals surface area (Å²) in [6.45, 7) is 1.72. The average molecular weight is 287 g/mol. The van der Waals surface area contributed by atoms with Crippen LogP contribution >= 0.6 is 0 Å². The summed E-state index contributed by atoms with van der Waals surface area (Å²) in [5.74, 6) is 0. The van der Waals surface area contributed by atoms with Crippen molar-refractivity contribution >= 4 is 0 Å². The molecule has 3 heterocycles. The van der Waals surface area contributed by atoms with Gasteiger partial charge in [0, 0.05) is 13.0 Å². The monoisotopic (exact) mass is 287 g/mol. The normalized spacial score (nSPS) is 24.4. The second-order valence-corrected chi connectivity index (χ2v) is 5.06. The van der Waals surface area contributed by atoms with E-state index in [-0.39, 0.29) is 31.7 Å². The highest BCUT2D eigenvalue weighted by Crippen LogP contribution is 2.11. The summed E-state index contributed by atoms with van der Waals surface area (Å²) >= 11 is 0. The molecule has 0 aliphatic carbocycles. The maximum Gasteiger partial charge on any atom is 0.347 e. The summed E-state index contributed by atoms with van der Waals surface area (Å²) in [4.78, 5) is 24.5. The Morgan fingerprint density at radius 2 is 1.60 bits per heavy atom. The van der Waals surface area contributed by atoms with Crippen LogP contribution in [-0.2, 0) is 29.1 Å². The number of ether oxygens (including phenoxy) is 2. The molecule has 1 aromatic rings. The van der Waals surface area contributed by atoms with Gasteiger partial charge < -0.3 is 19.7 Å². The number of aliphatic hydroxyl groups excluding tert-OH is 1. The predicted octanol–water partition coefficient (Wildman–Crippen LogP) is -2.69. The number of hydrogen-bond donors (Lipinski definition) is 2. The SMILES string of the molecule is O=c1n(CC2CO2)c(=O)n(CC2CO2)n1CCC(O)O. The fourth-order valence-corrected chi connectivity index (χ4v) is 2.10. The third-order valence-electron chi connectivity index (χ3n) is 3.36. The molecular weight excluding hydrogens is 270 g/mol. The van der Waals surface area contributed by atoms with Crippen molar-refractivity contribution in [1.29, 1.82) is 0 Å². The fraction of sp³-hybridized carbons (Fsp3) is 0.818. The molecule has 2 N–H and O–H groups in total. The lowest BCUT2D eigenvalue weighted by atomic mass is 10.4. The second kappa shape index (κ2) is 5.17. The van der Waals surface area contributed by atoms with E-state index in [2.05, 4.69) is 0 Å². The van der Waals surface area contributed by atoms with E-state index in [1.807, 2.05) is 0 Å². The highest BCUT2D eigenvalue weighted by molar-refractivity contribution is 4.82. The molecule has 2 unspecified atom stereocenters. The van der Waals surface area contributed by atoms with Crippen molar-refractivity contribution in [2.75, 3.05) is 13.2 Å². The molecule has 2 aliphatic rings. The van der Waals surface area contributed by atoms with Crippen LogP contribution in [0.1, 0.15) is 6.42 Å². The largest absolute Gasteiger partial charge is 0.371 e. The first-order valence-corrected chi connectivity index (χ1v) is 6.56. The molecule has 2 fully saturated rings. The minimum atomic E-state index is -1.52. The van der Waals surface area contributed by atoms with Crippen LogP contribution in [0.4, 0.5) is 0 Å². The predicted molar refractivity (Wildman–Crippen MR) is 65.3 cm³/mol. The third kappa shape index (κ3) is 2.85. The Balaban J connectivity index is 1.90. The molecule has 0 bridgehead atoms. The van der Waals surface area contributed by atoms with E-state index in [1.165, 1.54) is 9.36 Å². The lowest BCUT2D eigenvalue weighted by Gasteiger charge is -2.08. The Kier molecular flexibility index (Phi) is 3.50. The van der Waals surface area contributed by atoms with Crippen molar-refractivity contribution in [2.45, 2.75) is 44.6 Å². The summed E-state index contributed by atoms with van der Waals surface area (Å²) in [5, 5.41) is 17.8. The van der Waals surface area contributed by atoms with Gasteiger partial charge in [0.05, 0.1) is 32.4 Å². The molecule has 3 rings (SSSR count). The minimum Gasteiger partial charge on any atom is -0.371 e. The van der Waals surface area contributed by atoms with Crippen molar-refractivity contribution in [3.63, 3.8) is 0 Å². The molecule has 0 amide bonds. The van der Waals surface area contributed by atoms with Gasteiger partial charge in [-0.3, -0.25) is 0 Å². The minimum absolute atomic E-state index is 0.0190. The summed E-state index contributed by atoms with van der Waals surface area (Å²) in [6.07, 6.45) is -1.66. The number of epoxide rings is 2. The Hall–Kier alpha value is -1.42. The van der Waals surface area contributed by atoms with Crippen LogP contribution < -0.4 is 11.4 Å². The molecule has 20 heavy (non-hydrogen) atoms. The molecule has 0 radical (unpaired) electrons. The molecule has 9 nitrogen and oxygen atoms in total. The molecule has 2 aliphatic heterocycles. The molecule has 1 aromatic heterocycles. The van der Waals surface area contributed by atoms with Crippen LogP contribution in [0.25, 0.3) is 0 Å². The van der Waals surface area contributed by atoms with E-state index in [4.69, 9.17) is 19.7 Å². The molecule has 9 heteroatoms. The average Bonchev–Trinajstić information content (AvgIpc) is 3.27. The van der Waals surface area contributed by atoms with Gasteiger partial charge in [0.25, 0.3) is 0 Å². The van der Waals surface area contributed by atoms with Gasteiger partial charge in [-0.2, -0.15) is 0 Å². The zero-order valence-electron chi connectivity index (χ0n) is 10.8. The quantitative estimate of drug-likeness (QED) is 0.417. The Morgan fingerprint density at radius 1 is 1.05 bits per heavy atom. The van der Waals surface area contributed by atoms with Gasteiger partial charge in [0.2, 0.25) is 0 Å². The lowest BCUT2D eigenvalue weighted by Crippen LogP contribution is -2.31. The molecule has 2 saturated heterocycles. The highest BCUT2D eigenvalue weighted by atomic mass is 16.6. The van der Waals surface area contributed by atoms with Crippen LogP contribution in [0.15, 0.2) is 9.59 Å². The summed E-state index contributed by atoms with van der Waals surface area (Å²) < 4.78 is 13.8. The smallest absolute Gasteiger partial charge is 0.347 e. The molecule has 112 valence electrons. The first-order chi connectivity index (χ1) is 9.56. The molecule has 2 atom stereocenters. The van der Waals surface area contributed by atoms with Crippen LogP contribution in [-0.4, -0.2) is 55.9 Å². The number of hydrogen-bond acceptors (Lipinski definition) is 6. The summed E-state index contributed by atoms with van der Waals surface area (Å²) in [5.41, 5.74) is -0.861. The molecule has 0 aromatic carbocycles. The standard InChI is InChI=1S/C11H17N3O6/c15-9(16)1-2-13-10(17)12(3-7-5-19-7)11(18)14(13)4-8-6-20-8/h7-9,15-16H,1-6H2. The van der Waals surface area contributed by atoms with Crippen LogP contribution in [0.2, 0.25) is 0 Å². The van der Waals surface area contributed by atoms with Gasteiger partial charge in [0.1, 0.15) is 6.10 Å². The van der Waals surface area contributed by atoms with E-state index in [9.17, 15) is 9.59 Å². The topological polar surface area (TPSA) is 114 Å². The maximum absolute atomic E-state index is 12.3. The highest BCUT2D eigenvalue weighted by Gasteiger charge is 2.30. The van der Waals surface area contributed by atoms with Crippen molar-refractivity contribution in [3.05, 3.63) is 21.0 Å². The van der Waals surface area contributed by atoms with Gasteiger partial charge in [0.15, 0.2) is 6.29 Å². The van der Waals surface area contributed by atoms with Crippen LogP contribution in [0.3, 0.4) is 0 Å². The van der Waals surface area contributed by atoms with Gasteiger partial charge in [-0.25, -0.2) is 23.5 Å². The second-order valence-electron chi connectivity index (χ2n) is 5.06. The van der Waals surface area contributed by atoms with Gasteiger partial charge in [-0.15, -0.1) is 0 Å². The third-order valence-corrected chi connectivity index (χ3v) is 3.36. The zero-order valence-corrected chi connectivity index (χ0v) is 10.8. The number of nitrogens with zero attached hydrogens (tertiary/aromatic N) is 3. The van der Waals surface area contributed by atoms with E-state index in [0.29, 0.717) is 19.8 Å². The zero-order chi connectivity index (χ0) is 14.3. The van der Waals surface area contributed by atoms with Gasteiger partial charge >= 0.3 is 11.4 Å². The van der Waals surface area contributed by atoms with E-state index < -0.39 is 17.7 Å². The molecular formula is C11H17N3O6. The van der Waals surface area contributed by atoms with E-state index in [0.717, 1.165) is 4.57 Å². The van der Waals surface area contributed by atoms with Crippen molar-refractivity contribution in [3.8, 4) is 0 Å².